The number of ether oxygens (including phenoxy) is 4. The van der Waals surface area contributed by atoms with Crippen molar-refractivity contribution >= 4 is 0 Å². The molecular weight excluding hydrogens is 350 g/mol. The molecule has 6 nitrogen and oxygen atoms in total. The maximum Gasteiger partial charge on any atom is 0.190 e. The summed E-state index contributed by atoms with van der Waals surface area (Å²) in [6, 6.07) is 1.83. The Morgan fingerprint density at radius 1 is 1.31 bits per heavy atom. The molecule has 0 bridgehead atoms. The summed E-state index contributed by atoms with van der Waals surface area (Å²) in [5, 5.41) is 20.9. The first-order valence-corrected chi connectivity index (χ1v) is 8.27. The zero-order valence-corrected chi connectivity index (χ0v) is 14.5. The van der Waals surface area contributed by atoms with Crippen LogP contribution in [0.5, 0.6) is 0 Å². The fourth-order valence-corrected chi connectivity index (χ4v) is 3.16. The lowest BCUT2D eigenvalue weighted by Gasteiger charge is -2.26. The molecule has 0 unspecified atom stereocenters. The van der Waals surface area contributed by atoms with E-state index in [0.717, 1.165) is 6.07 Å². The van der Waals surface area contributed by atoms with Crippen molar-refractivity contribution in [1.29, 1.82) is 0 Å². The lowest BCUT2D eigenvalue weighted by molar-refractivity contribution is -0.226. The van der Waals surface area contributed by atoms with Gasteiger partial charge in [-0.3, -0.25) is 0 Å². The summed E-state index contributed by atoms with van der Waals surface area (Å²) in [5.41, 5.74) is -0.129. The largest absolute Gasteiger partial charge is 0.387 e. The van der Waals surface area contributed by atoms with Gasteiger partial charge in [-0.2, -0.15) is 0 Å². The molecule has 0 amide bonds. The fraction of sp³-hybridized carbons (Fsp3) is 0.556. The minimum absolute atomic E-state index is 0.0728. The third kappa shape index (κ3) is 3.66. The number of benzene rings is 1. The second kappa shape index (κ2) is 7.30. The first-order chi connectivity index (χ1) is 12.2. The quantitative estimate of drug-likeness (QED) is 0.587. The van der Waals surface area contributed by atoms with Crippen molar-refractivity contribution in [3.05, 3.63) is 47.5 Å². The summed E-state index contributed by atoms with van der Waals surface area (Å²) in [4.78, 5) is 0. The zero-order valence-electron chi connectivity index (χ0n) is 14.5. The SMILES string of the molecule is C=CCOCc1cc([C@H](O)[C@@H]2O[C@H]3OC(C)(C)O[C@H]3[C@@H]2O)c(F)cc1F. The Labute approximate surface area is 149 Å². The summed E-state index contributed by atoms with van der Waals surface area (Å²) < 4.78 is 49.8. The van der Waals surface area contributed by atoms with Crippen LogP contribution in [0.15, 0.2) is 24.8 Å². The Balaban J connectivity index is 1.78. The molecule has 0 saturated carbocycles. The third-order valence-electron chi connectivity index (χ3n) is 4.34. The normalized spacial score (nSPS) is 31.0. The highest BCUT2D eigenvalue weighted by Crippen LogP contribution is 2.41. The Kier molecular flexibility index (Phi) is 5.43. The van der Waals surface area contributed by atoms with E-state index >= 15 is 0 Å². The first kappa shape index (κ1) is 19.3. The predicted octanol–water partition coefficient (Wildman–Crippen LogP) is 1.94. The summed E-state index contributed by atoms with van der Waals surface area (Å²) in [5.74, 6) is -2.67. The lowest BCUT2D eigenvalue weighted by Crippen LogP contribution is -2.37. The van der Waals surface area contributed by atoms with E-state index < -0.39 is 48.1 Å². The minimum Gasteiger partial charge on any atom is -0.387 e. The predicted molar refractivity (Wildman–Crippen MR) is 85.9 cm³/mol. The van der Waals surface area contributed by atoms with Crippen LogP contribution < -0.4 is 0 Å². The molecule has 2 aliphatic heterocycles. The van der Waals surface area contributed by atoms with Crippen LogP contribution in [0, 0.1) is 11.6 Å². The van der Waals surface area contributed by atoms with Gasteiger partial charge >= 0.3 is 0 Å². The van der Waals surface area contributed by atoms with Crippen molar-refractivity contribution in [3.63, 3.8) is 0 Å². The van der Waals surface area contributed by atoms with Gasteiger partial charge < -0.3 is 29.2 Å². The molecule has 144 valence electrons. The molecule has 2 N–H and O–H groups in total. The van der Waals surface area contributed by atoms with E-state index in [1.165, 1.54) is 6.08 Å². The number of aliphatic hydroxyl groups excluding tert-OH is 2. The van der Waals surface area contributed by atoms with Crippen molar-refractivity contribution in [2.45, 2.75) is 56.9 Å². The molecule has 0 radical (unpaired) electrons. The van der Waals surface area contributed by atoms with Crippen molar-refractivity contribution in [1.82, 2.24) is 0 Å². The second-order valence-electron chi connectivity index (χ2n) is 6.77. The highest BCUT2D eigenvalue weighted by Gasteiger charge is 2.56. The highest BCUT2D eigenvalue weighted by atomic mass is 19.1. The number of hydrogen-bond acceptors (Lipinski definition) is 6. The third-order valence-corrected chi connectivity index (χ3v) is 4.34. The molecule has 0 aliphatic carbocycles. The molecule has 2 saturated heterocycles. The fourth-order valence-electron chi connectivity index (χ4n) is 3.16. The van der Waals surface area contributed by atoms with Crippen molar-refractivity contribution in [2.75, 3.05) is 6.61 Å². The Bertz CT molecular complexity index is 680. The molecule has 2 heterocycles. The molecule has 5 atom stereocenters. The van der Waals surface area contributed by atoms with Gasteiger partial charge in [0.1, 0.15) is 36.1 Å². The topological polar surface area (TPSA) is 77.4 Å². The van der Waals surface area contributed by atoms with Crippen molar-refractivity contribution in [2.24, 2.45) is 0 Å². The standard InChI is InChI=1S/C18H22F2O6/c1-4-5-23-8-9-6-10(12(20)7-11(9)19)13(21)15-14(22)16-17(24-15)26-18(2,3)25-16/h4,6-7,13-17,21-22H,1,5,8H2,2-3H3/t13-,14+,15-,16-,17-/m0/s1. The summed E-state index contributed by atoms with van der Waals surface area (Å²) in [7, 11) is 0. The van der Waals surface area contributed by atoms with E-state index in [-0.39, 0.29) is 24.3 Å². The Morgan fingerprint density at radius 2 is 2.04 bits per heavy atom. The molecule has 8 heteroatoms. The van der Waals surface area contributed by atoms with Crippen LogP contribution >= 0.6 is 0 Å². The van der Waals surface area contributed by atoms with Crippen LogP contribution in [0.2, 0.25) is 0 Å². The molecule has 26 heavy (non-hydrogen) atoms. The number of hydrogen-bond donors (Lipinski definition) is 2. The molecule has 0 spiro atoms. The molecule has 0 aromatic heterocycles. The average Bonchev–Trinajstić information content (AvgIpc) is 3.02. The van der Waals surface area contributed by atoms with Crippen molar-refractivity contribution in [3.8, 4) is 0 Å². The molecule has 2 aliphatic rings. The second-order valence-corrected chi connectivity index (χ2v) is 6.77. The molecule has 3 rings (SSSR count). The van der Waals surface area contributed by atoms with E-state index in [1.807, 2.05) is 0 Å². The van der Waals surface area contributed by atoms with Gasteiger partial charge in [-0.1, -0.05) is 6.08 Å². The van der Waals surface area contributed by atoms with Gasteiger partial charge in [0.15, 0.2) is 12.1 Å². The van der Waals surface area contributed by atoms with Gasteiger partial charge in [0.05, 0.1) is 13.2 Å². The Morgan fingerprint density at radius 3 is 2.69 bits per heavy atom. The molecule has 1 aromatic rings. The summed E-state index contributed by atoms with van der Waals surface area (Å²) in [6.45, 7) is 6.91. The van der Waals surface area contributed by atoms with Crippen LogP contribution in [-0.4, -0.2) is 47.2 Å². The van der Waals surface area contributed by atoms with Crippen molar-refractivity contribution < 1.29 is 37.9 Å². The van der Waals surface area contributed by atoms with Gasteiger partial charge in [0.2, 0.25) is 0 Å². The number of rotatable bonds is 6. The van der Waals surface area contributed by atoms with E-state index in [4.69, 9.17) is 18.9 Å². The van der Waals surface area contributed by atoms with Gasteiger partial charge in [-0.05, 0) is 19.9 Å². The maximum absolute atomic E-state index is 14.2. The number of halogens is 2. The van der Waals surface area contributed by atoms with Gasteiger partial charge in [0.25, 0.3) is 0 Å². The van der Waals surface area contributed by atoms with E-state index in [9.17, 15) is 19.0 Å². The maximum atomic E-state index is 14.2. The van der Waals surface area contributed by atoms with Gasteiger partial charge in [-0.25, -0.2) is 8.78 Å². The Hall–Kier alpha value is -1.42. The molecular formula is C18H22F2O6. The monoisotopic (exact) mass is 372 g/mol. The van der Waals surface area contributed by atoms with Crippen LogP contribution in [0.1, 0.15) is 31.1 Å². The van der Waals surface area contributed by atoms with Crippen LogP contribution in [0.25, 0.3) is 0 Å². The van der Waals surface area contributed by atoms with Crippen LogP contribution in [0.3, 0.4) is 0 Å². The average molecular weight is 372 g/mol. The molecule has 2 fully saturated rings. The number of fused-ring (bicyclic) bond motifs is 1. The van der Waals surface area contributed by atoms with Gasteiger partial charge in [0, 0.05) is 17.2 Å². The zero-order chi connectivity index (χ0) is 19.1. The van der Waals surface area contributed by atoms with E-state index in [2.05, 4.69) is 6.58 Å². The van der Waals surface area contributed by atoms with E-state index in [1.54, 1.807) is 13.8 Å². The van der Waals surface area contributed by atoms with Crippen LogP contribution in [-0.2, 0) is 25.6 Å². The highest BCUT2D eigenvalue weighted by molar-refractivity contribution is 5.29. The number of aliphatic hydroxyl groups is 2. The molecule has 1 aromatic carbocycles. The summed E-state index contributed by atoms with van der Waals surface area (Å²) in [6.07, 6.45) is -4.13. The van der Waals surface area contributed by atoms with Crippen LogP contribution in [0.4, 0.5) is 8.78 Å². The smallest absolute Gasteiger partial charge is 0.190 e. The summed E-state index contributed by atoms with van der Waals surface area (Å²) >= 11 is 0. The first-order valence-electron chi connectivity index (χ1n) is 8.27. The lowest BCUT2D eigenvalue weighted by atomic mass is 9.97. The minimum atomic E-state index is -1.54. The van der Waals surface area contributed by atoms with Gasteiger partial charge in [-0.15, -0.1) is 6.58 Å². The van der Waals surface area contributed by atoms with E-state index in [0.29, 0.717) is 6.07 Å².